The molecule has 1 aliphatic heterocycles. The highest BCUT2D eigenvalue weighted by Gasteiger charge is 2.42. The average Bonchev–Trinajstić information content (AvgIpc) is 3.32. The van der Waals surface area contributed by atoms with Crippen molar-refractivity contribution in [2.75, 3.05) is 23.7 Å². The van der Waals surface area contributed by atoms with Gasteiger partial charge in [0.05, 0.1) is 32.8 Å². The number of anilines is 1. The molecule has 0 unspecified atom stereocenters. The molecule has 0 bridgehead atoms. The van der Waals surface area contributed by atoms with E-state index in [-0.39, 0.29) is 5.91 Å². The maximum Gasteiger partial charge on any atom is 0.267 e. The Hall–Kier alpha value is -0.790. The molecule has 0 spiro atoms. The van der Waals surface area contributed by atoms with E-state index in [0.29, 0.717) is 53.5 Å². The first-order valence-electron chi connectivity index (χ1n) is 9.75. The second kappa shape index (κ2) is 10.1. The van der Waals surface area contributed by atoms with Crippen molar-refractivity contribution >= 4 is 120 Å². The molecule has 12 heteroatoms. The molecule has 0 radical (unpaired) electrons. The van der Waals surface area contributed by atoms with Gasteiger partial charge in [0.25, 0.3) is 11.8 Å². The zero-order chi connectivity index (χ0) is 24.0. The molecule has 2 heterocycles. The molecule has 3 amide bonds. The third-order valence-electron chi connectivity index (χ3n) is 5.15. The molecule has 1 aromatic heterocycles. The van der Waals surface area contributed by atoms with E-state index >= 15 is 0 Å². The van der Waals surface area contributed by atoms with Crippen molar-refractivity contribution in [1.82, 2.24) is 9.88 Å². The van der Waals surface area contributed by atoms with Gasteiger partial charge in [-0.25, -0.2) is 9.88 Å². The Labute approximate surface area is 232 Å². The number of carbonyl (C=O) groups excluding carboxylic acids is 3. The molecule has 0 fully saturated rings. The molecule has 0 saturated heterocycles. The van der Waals surface area contributed by atoms with E-state index in [1.54, 1.807) is 23.1 Å². The van der Waals surface area contributed by atoms with Crippen LogP contribution in [0.1, 0.15) is 34.6 Å². The summed E-state index contributed by atoms with van der Waals surface area (Å²) in [6.45, 7) is 5.27. The number of amides is 3. The number of aromatic nitrogens is 1. The van der Waals surface area contributed by atoms with Crippen LogP contribution >= 0.6 is 86.8 Å². The van der Waals surface area contributed by atoms with Gasteiger partial charge in [-0.3, -0.25) is 14.4 Å². The van der Waals surface area contributed by atoms with Gasteiger partial charge in [-0.15, -0.1) is 11.3 Å². The summed E-state index contributed by atoms with van der Waals surface area (Å²) in [4.78, 5) is 46.3. The summed E-state index contributed by atoms with van der Waals surface area (Å²) in [5.74, 6) is -0.416. The molecule has 172 valence electrons. The zero-order valence-electron chi connectivity index (χ0n) is 17.2. The van der Waals surface area contributed by atoms with Crippen LogP contribution in [0.5, 0.6) is 0 Å². The number of nitrogens with zero attached hydrogens (tertiary/aromatic N) is 3. The number of hydrogen-bond acceptors (Lipinski definition) is 6. The Morgan fingerprint density at radius 1 is 1.00 bits per heavy atom. The molecule has 0 saturated carbocycles. The monoisotopic (exact) mass is 737 g/mol. The van der Waals surface area contributed by atoms with Gasteiger partial charge in [0, 0.05) is 31.0 Å². The molecule has 4 rings (SSSR count). The van der Waals surface area contributed by atoms with Crippen molar-refractivity contribution in [3.63, 3.8) is 0 Å². The van der Waals surface area contributed by atoms with E-state index in [4.69, 9.17) is 0 Å². The van der Waals surface area contributed by atoms with Gasteiger partial charge in [-0.1, -0.05) is 11.8 Å². The van der Waals surface area contributed by atoms with E-state index in [0.717, 1.165) is 14.6 Å². The molecular weight excluding hydrogens is 726 g/mol. The third kappa shape index (κ3) is 4.47. The summed E-state index contributed by atoms with van der Waals surface area (Å²) in [5.41, 5.74) is 1.83. The Bertz CT molecular complexity index is 1280. The number of benzene rings is 2. The Kier molecular flexibility index (Phi) is 7.72. The quantitative estimate of drug-likeness (QED) is 0.117. The summed E-state index contributed by atoms with van der Waals surface area (Å²) in [6, 6.07) is 5.29. The fourth-order valence-corrected chi connectivity index (χ4v) is 7.93. The fourth-order valence-electron chi connectivity index (χ4n) is 3.47. The van der Waals surface area contributed by atoms with Gasteiger partial charge in [0.15, 0.2) is 4.34 Å². The Morgan fingerprint density at radius 3 is 2.12 bits per heavy atom. The number of halogens is 4. The maximum atomic E-state index is 13.2. The summed E-state index contributed by atoms with van der Waals surface area (Å²) in [5, 5.41) is 0. The van der Waals surface area contributed by atoms with Gasteiger partial charge < -0.3 is 4.90 Å². The van der Waals surface area contributed by atoms with Crippen molar-refractivity contribution in [2.24, 2.45) is 0 Å². The minimum Gasteiger partial charge on any atom is -0.343 e. The van der Waals surface area contributed by atoms with Crippen LogP contribution < -0.4 is 4.90 Å². The van der Waals surface area contributed by atoms with Gasteiger partial charge in [0.2, 0.25) is 5.91 Å². The van der Waals surface area contributed by atoms with Crippen LogP contribution in [0, 0.1) is 0 Å². The minimum atomic E-state index is -0.404. The number of thioether (sulfide) groups is 1. The summed E-state index contributed by atoms with van der Waals surface area (Å²) in [6.07, 6.45) is 0. The molecule has 2 aromatic carbocycles. The lowest BCUT2D eigenvalue weighted by Crippen LogP contribution is -2.31. The second-order valence-electron chi connectivity index (χ2n) is 6.94. The highest BCUT2D eigenvalue weighted by atomic mass is 79.9. The van der Waals surface area contributed by atoms with Gasteiger partial charge in [0.1, 0.15) is 0 Å². The molecule has 1 aliphatic rings. The van der Waals surface area contributed by atoms with Crippen LogP contribution in [-0.4, -0.2) is 46.4 Å². The van der Waals surface area contributed by atoms with Crippen molar-refractivity contribution in [1.29, 1.82) is 0 Å². The van der Waals surface area contributed by atoms with Crippen LogP contribution in [0.3, 0.4) is 0 Å². The Balaban J connectivity index is 1.64. The van der Waals surface area contributed by atoms with Crippen LogP contribution in [0.2, 0.25) is 0 Å². The summed E-state index contributed by atoms with van der Waals surface area (Å²) in [7, 11) is 0. The highest BCUT2D eigenvalue weighted by molar-refractivity contribution is 9.15. The molecule has 3 aromatic rings. The first kappa shape index (κ1) is 25.3. The van der Waals surface area contributed by atoms with Gasteiger partial charge >= 0.3 is 0 Å². The average molecular weight is 741 g/mol. The van der Waals surface area contributed by atoms with E-state index in [1.807, 2.05) is 13.8 Å². The minimum absolute atomic E-state index is 0.0736. The third-order valence-corrected chi connectivity index (χ3v) is 12.1. The molecule has 0 N–H and O–H groups in total. The highest BCUT2D eigenvalue weighted by Crippen LogP contribution is 2.46. The van der Waals surface area contributed by atoms with Crippen molar-refractivity contribution in [3.05, 3.63) is 47.2 Å². The lowest BCUT2D eigenvalue weighted by Gasteiger charge is -2.17. The number of fused-ring (bicyclic) bond motifs is 2. The predicted octanol–water partition coefficient (Wildman–Crippen LogP) is 7.11. The molecule has 6 nitrogen and oxygen atoms in total. The molecular formula is C21H15Br4N3O3S2. The largest absolute Gasteiger partial charge is 0.343 e. The Morgan fingerprint density at radius 2 is 1.58 bits per heavy atom. The summed E-state index contributed by atoms with van der Waals surface area (Å²) < 4.78 is 3.93. The van der Waals surface area contributed by atoms with E-state index < -0.39 is 11.8 Å². The van der Waals surface area contributed by atoms with Crippen LogP contribution in [-0.2, 0) is 4.79 Å². The second-order valence-corrected chi connectivity index (χ2v) is 12.4. The maximum absolute atomic E-state index is 13.2. The van der Waals surface area contributed by atoms with Crippen LogP contribution in [0.4, 0.5) is 5.69 Å². The smallest absolute Gasteiger partial charge is 0.267 e. The van der Waals surface area contributed by atoms with Crippen LogP contribution in [0.15, 0.2) is 40.4 Å². The number of carbonyl (C=O) groups is 3. The first-order valence-corrected chi connectivity index (χ1v) is 14.7. The van der Waals surface area contributed by atoms with E-state index in [1.165, 1.54) is 28.0 Å². The normalized spacial score (nSPS) is 13.2. The first-order chi connectivity index (χ1) is 15.7. The van der Waals surface area contributed by atoms with Gasteiger partial charge in [-0.05, 0) is 95.8 Å². The predicted molar refractivity (Wildman–Crippen MR) is 147 cm³/mol. The van der Waals surface area contributed by atoms with Crippen molar-refractivity contribution in [2.45, 2.75) is 18.2 Å². The number of imide groups is 1. The fraction of sp³-hybridized carbons (Fsp3) is 0.238. The molecule has 0 atom stereocenters. The van der Waals surface area contributed by atoms with E-state index in [2.05, 4.69) is 68.7 Å². The van der Waals surface area contributed by atoms with E-state index in [9.17, 15) is 14.4 Å². The van der Waals surface area contributed by atoms with Crippen LogP contribution in [0.25, 0.3) is 10.2 Å². The molecule has 0 aliphatic carbocycles. The SMILES string of the molecule is CCN(CC)C(=O)CSc1nc2ccc(N3C(=O)c4c(Br)c(Br)c(Br)c(Br)c4C3=O)cc2s1. The number of thiazole rings is 1. The lowest BCUT2D eigenvalue weighted by molar-refractivity contribution is -0.127. The molecule has 33 heavy (non-hydrogen) atoms. The number of hydrogen-bond donors (Lipinski definition) is 0. The van der Waals surface area contributed by atoms with Gasteiger partial charge in [-0.2, -0.15) is 0 Å². The zero-order valence-corrected chi connectivity index (χ0v) is 25.2. The number of rotatable bonds is 6. The summed E-state index contributed by atoms with van der Waals surface area (Å²) >= 11 is 16.6. The lowest BCUT2D eigenvalue weighted by atomic mass is 10.1. The van der Waals surface area contributed by atoms with Crippen molar-refractivity contribution in [3.8, 4) is 0 Å². The standard InChI is InChI=1S/C21H15Br4N3O3S2/c1-3-27(4-2)12(29)8-32-21-26-10-6-5-9(7-11(10)33-21)28-19(30)13-14(20(28)31)16(23)18(25)17(24)15(13)22/h5-7H,3-4,8H2,1-2H3. The van der Waals surface area contributed by atoms with Crippen molar-refractivity contribution < 1.29 is 14.4 Å². The topological polar surface area (TPSA) is 70.6 Å².